The van der Waals surface area contributed by atoms with E-state index in [0.29, 0.717) is 31.7 Å². The van der Waals surface area contributed by atoms with Gasteiger partial charge in [-0.3, -0.25) is 0 Å². The van der Waals surface area contributed by atoms with Gasteiger partial charge in [-0.1, -0.05) is 13.0 Å². The molecule has 5 heteroatoms. The second-order valence-corrected chi connectivity index (χ2v) is 2.95. The number of amides is 1. The Morgan fingerprint density at radius 2 is 2.43 bits per heavy atom. The molecule has 5 nitrogen and oxygen atoms in total. The SMILES string of the molecule is CCC(=CCN1CCOC1=O)C(=O)O. The quantitative estimate of drug-likeness (QED) is 0.682. The van der Waals surface area contributed by atoms with Crippen molar-refractivity contribution in [3.8, 4) is 0 Å². The van der Waals surface area contributed by atoms with E-state index in [-0.39, 0.29) is 6.09 Å². The van der Waals surface area contributed by atoms with E-state index >= 15 is 0 Å². The van der Waals surface area contributed by atoms with Crippen LogP contribution in [0.25, 0.3) is 0 Å². The van der Waals surface area contributed by atoms with Gasteiger partial charge < -0.3 is 14.7 Å². The number of aliphatic carboxylic acids is 1. The predicted molar refractivity (Wildman–Crippen MR) is 48.9 cm³/mol. The summed E-state index contributed by atoms with van der Waals surface area (Å²) in [5.74, 6) is -0.930. The highest BCUT2D eigenvalue weighted by atomic mass is 16.6. The minimum atomic E-state index is -0.930. The second-order valence-electron chi connectivity index (χ2n) is 2.95. The molecule has 1 N–H and O–H groups in total. The predicted octanol–water partition coefficient (Wildman–Crippen LogP) is 0.860. The smallest absolute Gasteiger partial charge is 0.410 e. The number of ether oxygens (including phenoxy) is 1. The van der Waals surface area contributed by atoms with Gasteiger partial charge in [-0.05, 0) is 6.42 Å². The number of carboxylic acid groups (broad SMARTS) is 1. The summed E-state index contributed by atoms with van der Waals surface area (Å²) < 4.78 is 4.70. The van der Waals surface area contributed by atoms with Crippen LogP contribution in [-0.4, -0.2) is 41.8 Å². The third-order valence-electron chi connectivity index (χ3n) is 2.06. The molecule has 1 aliphatic heterocycles. The molecule has 1 heterocycles. The van der Waals surface area contributed by atoms with Crippen molar-refractivity contribution in [1.29, 1.82) is 0 Å². The van der Waals surface area contributed by atoms with Gasteiger partial charge >= 0.3 is 12.1 Å². The van der Waals surface area contributed by atoms with Crippen LogP contribution >= 0.6 is 0 Å². The summed E-state index contributed by atoms with van der Waals surface area (Å²) in [6, 6.07) is 0. The number of hydrogen-bond acceptors (Lipinski definition) is 3. The molecule has 1 fully saturated rings. The zero-order valence-electron chi connectivity index (χ0n) is 8.02. The summed E-state index contributed by atoms with van der Waals surface area (Å²) in [4.78, 5) is 23.1. The molecule has 0 aromatic carbocycles. The highest BCUT2D eigenvalue weighted by molar-refractivity contribution is 5.86. The van der Waals surface area contributed by atoms with Crippen molar-refractivity contribution in [3.63, 3.8) is 0 Å². The van der Waals surface area contributed by atoms with E-state index < -0.39 is 5.97 Å². The van der Waals surface area contributed by atoms with Gasteiger partial charge in [-0.2, -0.15) is 0 Å². The second kappa shape index (κ2) is 4.64. The normalized spacial score (nSPS) is 17.1. The number of carboxylic acids is 1. The molecule has 0 aliphatic carbocycles. The van der Waals surface area contributed by atoms with E-state index in [4.69, 9.17) is 9.84 Å². The first-order chi connectivity index (χ1) is 6.65. The number of cyclic esters (lactones) is 1. The molecule has 14 heavy (non-hydrogen) atoms. The van der Waals surface area contributed by atoms with Crippen LogP contribution in [0.5, 0.6) is 0 Å². The molecule has 0 aromatic rings. The van der Waals surface area contributed by atoms with Crippen LogP contribution in [0.15, 0.2) is 11.6 Å². The van der Waals surface area contributed by atoms with Crippen LogP contribution in [0.4, 0.5) is 4.79 Å². The number of nitrogens with zero attached hydrogens (tertiary/aromatic N) is 1. The number of carbonyl (C=O) groups is 2. The summed E-state index contributed by atoms with van der Waals surface area (Å²) in [5, 5.41) is 8.71. The Morgan fingerprint density at radius 3 is 2.86 bits per heavy atom. The zero-order valence-corrected chi connectivity index (χ0v) is 8.02. The molecule has 0 bridgehead atoms. The molecule has 78 valence electrons. The van der Waals surface area contributed by atoms with Crippen molar-refractivity contribution in [2.45, 2.75) is 13.3 Å². The fraction of sp³-hybridized carbons (Fsp3) is 0.556. The van der Waals surface area contributed by atoms with Crippen LogP contribution in [0.1, 0.15) is 13.3 Å². The van der Waals surface area contributed by atoms with E-state index in [0.717, 1.165) is 0 Å². The Labute approximate surface area is 82.0 Å². The lowest BCUT2D eigenvalue weighted by Crippen LogP contribution is -2.24. The fourth-order valence-electron chi connectivity index (χ4n) is 1.19. The molecule has 0 atom stereocenters. The van der Waals surface area contributed by atoms with E-state index in [9.17, 15) is 9.59 Å². The monoisotopic (exact) mass is 199 g/mol. The summed E-state index contributed by atoms with van der Waals surface area (Å²) in [6.07, 6.45) is 1.63. The Bertz CT molecular complexity index is 272. The van der Waals surface area contributed by atoms with Crippen LogP contribution in [-0.2, 0) is 9.53 Å². The van der Waals surface area contributed by atoms with E-state index in [1.807, 2.05) is 0 Å². The molecule has 0 saturated carbocycles. The molecule has 1 aliphatic rings. The minimum Gasteiger partial charge on any atom is -0.478 e. The molecule has 0 radical (unpaired) electrons. The van der Waals surface area contributed by atoms with Crippen molar-refractivity contribution in [2.75, 3.05) is 19.7 Å². The molecule has 0 spiro atoms. The lowest BCUT2D eigenvalue weighted by Gasteiger charge is -2.09. The Hall–Kier alpha value is -1.52. The topological polar surface area (TPSA) is 66.8 Å². The number of rotatable bonds is 4. The van der Waals surface area contributed by atoms with E-state index in [1.165, 1.54) is 4.90 Å². The highest BCUT2D eigenvalue weighted by Crippen LogP contribution is 2.06. The lowest BCUT2D eigenvalue weighted by molar-refractivity contribution is -0.132. The third-order valence-corrected chi connectivity index (χ3v) is 2.06. The van der Waals surface area contributed by atoms with E-state index in [2.05, 4.69) is 0 Å². The molecular formula is C9H13NO4. The van der Waals surface area contributed by atoms with Crippen molar-refractivity contribution in [1.82, 2.24) is 4.90 Å². The Kier molecular flexibility index (Phi) is 3.50. The molecule has 1 rings (SSSR count). The van der Waals surface area contributed by atoms with Crippen LogP contribution < -0.4 is 0 Å². The standard InChI is InChI=1S/C9H13NO4/c1-2-7(8(11)12)3-4-10-5-6-14-9(10)13/h3H,2,4-6H2,1H3,(H,11,12). The molecule has 1 amide bonds. The van der Waals surface area contributed by atoms with Gasteiger partial charge in [-0.15, -0.1) is 0 Å². The number of carbonyl (C=O) groups excluding carboxylic acids is 1. The molecular weight excluding hydrogens is 186 g/mol. The van der Waals surface area contributed by atoms with Crippen molar-refractivity contribution < 1.29 is 19.4 Å². The molecule has 0 unspecified atom stereocenters. The van der Waals surface area contributed by atoms with Crippen LogP contribution in [0.3, 0.4) is 0 Å². The van der Waals surface area contributed by atoms with Crippen LogP contribution in [0.2, 0.25) is 0 Å². The average Bonchev–Trinajstić information content (AvgIpc) is 2.52. The van der Waals surface area contributed by atoms with Crippen molar-refractivity contribution in [2.24, 2.45) is 0 Å². The first-order valence-electron chi connectivity index (χ1n) is 4.49. The van der Waals surface area contributed by atoms with Gasteiger partial charge in [0, 0.05) is 12.1 Å². The molecule has 1 saturated heterocycles. The number of hydrogen-bond donors (Lipinski definition) is 1. The average molecular weight is 199 g/mol. The van der Waals surface area contributed by atoms with Crippen molar-refractivity contribution in [3.05, 3.63) is 11.6 Å². The van der Waals surface area contributed by atoms with Gasteiger partial charge in [0.2, 0.25) is 0 Å². The third kappa shape index (κ3) is 2.48. The maximum atomic E-state index is 11.0. The fourth-order valence-corrected chi connectivity index (χ4v) is 1.19. The van der Waals surface area contributed by atoms with Crippen LogP contribution in [0, 0.1) is 0 Å². The van der Waals surface area contributed by atoms with Gasteiger partial charge in [-0.25, -0.2) is 9.59 Å². The van der Waals surface area contributed by atoms with Gasteiger partial charge in [0.1, 0.15) is 6.61 Å². The zero-order chi connectivity index (χ0) is 10.6. The Morgan fingerprint density at radius 1 is 1.71 bits per heavy atom. The summed E-state index contributed by atoms with van der Waals surface area (Å²) in [6.45, 7) is 3.00. The first kappa shape index (κ1) is 10.6. The summed E-state index contributed by atoms with van der Waals surface area (Å²) in [7, 11) is 0. The minimum absolute atomic E-state index is 0.314. The van der Waals surface area contributed by atoms with Gasteiger partial charge in [0.05, 0.1) is 6.54 Å². The Balaban J connectivity index is 2.51. The van der Waals surface area contributed by atoms with Gasteiger partial charge in [0.25, 0.3) is 0 Å². The highest BCUT2D eigenvalue weighted by Gasteiger charge is 2.20. The largest absolute Gasteiger partial charge is 0.478 e. The van der Waals surface area contributed by atoms with Gasteiger partial charge in [0.15, 0.2) is 0 Å². The summed E-state index contributed by atoms with van der Waals surface area (Å²) >= 11 is 0. The molecule has 0 aromatic heterocycles. The van der Waals surface area contributed by atoms with E-state index in [1.54, 1.807) is 13.0 Å². The lowest BCUT2D eigenvalue weighted by atomic mass is 10.2. The first-order valence-corrected chi connectivity index (χ1v) is 4.49. The van der Waals surface area contributed by atoms with Crippen molar-refractivity contribution >= 4 is 12.1 Å². The summed E-state index contributed by atoms with van der Waals surface area (Å²) in [5.41, 5.74) is 0.324. The maximum Gasteiger partial charge on any atom is 0.410 e. The maximum absolute atomic E-state index is 11.0.